The Morgan fingerprint density at radius 1 is 2.00 bits per heavy atom. The Morgan fingerprint density at radius 3 is 3.00 bits per heavy atom. The van der Waals surface area contributed by atoms with E-state index in [0.717, 1.165) is 19.8 Å². The first-order valence-corrected chi connectivity index (χ1v) is 2.03. The summed E-state index contributed by atoms with van der Waals surface area (Å²) >= 11 is 0. The molecule has 2 nitrogen and oxygen atoms in total. The Labute approximate surface area is 37.5 Å². The van der Waals surface area contributed by atoms with E-state index in [1.54, 1.807) is 0 Å². The van der Waals surface area contributed by atoms with Gasteiger partial charge in [0, 0.05) is 6.92 Å². The molecule has 0 saturated carbocycles. The Hall–Kier alpha value is -0.465. The molecular formula is C3H6BNO. The fourth-order valence-electron chi connectivity index (χ4n) is 0.442. The Balaban J connectivity index is 2.45. The van der Waals surface area contributed by atoms with Gasteiger partial charge in [-0.25, -0.2) is 0 Å². The molecule has 0 spiro atoms. The van der Waals surface area contributed by atoms with Gasteiger partial charge in [-0.05, 0) is 0 Å². The van der Waals surface area contributed by atoms with Crippen molar-refractivity contribution in [1.29, 1.82) is 0 Å². The van der Waals surface area contributed by atoms with Crippen LogP contribution in [-0.2, 0) is 4.65 Å². The first kappa shape index (κ1) is 3.72. The van der Waals surface area contributed by atoms with Gasteiger partial charge in [0.25, 0.3) is 0 Å². The molecule has 0 saturated heterocycles. The minimum Gasteiger partial charge on any atom is -0.553 e. The fraction of sp³-hybridized carbons (Fsp3) is 0.667. The third kappa shape index (κ3) is 0.532. The monoisotopic (exact) mass is 83.1 g/mol. The van der Waals surface area contributed by atoms with Gasteiger partial charge < -0.3 is 4.65 Å². The van der Waals surface area contributed by atoms with Crippen molar-refractivity contribution in [3.8, 4) is 0 Å². The average Bonchev–Trinajstić information content (AvgIpc) is 1.86. The van der Waals surface area contributed by atoms with Gasteiger partial charge in [-0.1, -0.05) is 0 Å². The van der Waals surface area contributed by atoms with Crippen molar-refractivity contribution in [3.63, 3.8) is 0 Å². The first-order chi connectivity index (χ1) is 2.89. The molecule has 1 rings (SSSR count). The third-order valence-electron chi connectivity index (χ3n) is 0.737. The Bertz CT molecular complexity index is 80.9. The van der Waals surface area contributed by atoms with Gasteiger partial charge in [0.2, 0.25) is 0 Å². The van der Waals surface area contributed by atoms with E-state index in [2.05, 4.69) is 4.99 Å². The number of rotatable bonds is 0. The zero-order valence-electron chi connectivity index (χ0n) is 3.77. The summed E-state index contributed by atoms with van der Waals surface area (Å²) in [6.45, 7) is 1.87. The number of nitrogens with zero attached hydrogens (tertiary/aromatic N) is 1. The maximum absolute atomic E-state index is 4.90. The molecule has 0 aliphatic carbocycles. The summed E-state index contributed by atoms with van der Waals surface area (Å²) in [5, 5.41) is 0. The Kier molecular flexibility index (Phi) is 0.822. The van der Waals surface area contributed by atoms with Gasteiger partial charge >= 0.3 is 7.48 Å². The minimum atomic E-state index is 0.784. The lowest BCUT2D eigenvalue weighted by atomic mass is 10.1. The smallest absolute Gasteiger partial charge is 0.363 e. The van der Waals surface area contributed by atoms with Gasteiger partial charge in [0.15, 0.2) is 5.90 Å². The highest BCUT2D eigenvalue weighted by molar-refractivity contribution is 6.33. The molecule has 1 aliphatic heterocycles. The van der Waals surface area contributed by atoms with Crippen LogP contribution in [0.1, 0.15) is 6.92 Å². The van der Waals surface area contributed by atoms with Crippen molar-refractivity contribution in [2.45, 2.75) is 6.92 Å². The normalized spacial score (nSPS) is 18.5. The maximum Gasteiger partial charge on any atom is 0.363 e. The predicted octanol–water partition coefficient (Wildman–Crippen LogP) is -0.256. The highest BCUT2D eigenvalue weighted by Gasteiger charge is 1.99. The molecule has 0 amide bonds. The van der Waals surface area contributed by atoms with Crippen molar-refractivity contribution in [2.24, 2.45) is 4.99 Å². The van der Waals surface area contributed by atoms with Crippen LogP contribution in [0.2, 0.25) is 0 Å². The first-order valence-electron chi connectivity index (χ1n) is 2.03. The standard InChI is InChI=1S/C3H6BNO/c1-3-5-2-4-6-3/h4H,2H2,1H3. The van der Waals surface area contributed by atoms with Crippen LogP contribution in [-0.4, -0.2) is 19.8 Å². The summed E-state index contributed by atoms with van der Waals surface area (Å²) in [6, 6.07) is 0. The van der Waals surface area contributed by atoms with E-state index in [1.165, 1.54) is 0 Å². The van der Waals surface area contributed by atoms with Crippen LogP contribution in [0, 0.1) is 0 Å². The molecule has 0 aromatic heterocycles. The maximum atomic E-state index is 4.90. The molecule has 32 valence electrons. The van der Waals surface area contributed by atoms with E-state index in [0.29, 0.717) is 0 Å². The minimum absolute atomic E-state index is 0.784. The summed E-state index contributed by atoms with van der Waals surface area (Å²) < 4.78 is 4.90. The molecule has 0 N–H and O–H groups in total. The van der Waals surface area contributed by atoms with Crippen molar-refractivity contribution in [2.75, 3.05) is 6.44 Å². The fourth-order valence-corrected chi connectivity index (χ4v) is 0.442. The van der Waals surface area contributed by atoms with Crippen LogP contribution >= 0.6 is 0 Å². The predicted molar refractivity (Wildman–Crippen MR) is 26.2 cm³/mol. The van der Waals surface area contributed by atoms with Gasteiger partial charge in [-0.2, -0.15) is 0 Å². The number of hydrogen-bond acceptors (Lipinski definition) is 2. The van der Waals surface area contributed by atoms with E-state index in [1.807, 2.05) is 6.92 Å². The van der Waals surface area contributed by atoms with Crippen molar-refractivity contribution in [3.05, 3.63) is 0 Å². The lowest BCUT2D eigenvalue weighted by Gasteiger charge is -1.86. The number of aliphatic imine (C=N–C) groups is 1. The zero-order chi connectivity index (χ0) is 4.41. The molecule has 0 fully saturated rings. The van der Waals surface area contributed by atoms with Gasteiger partial charge in [-0.15, -0.1) is 0 Å². The van der Waals surface area contributed by atoms with Crippen LogP contribution in [0.15, 0.2) is 4.99 Å². The summed E-state index contributed by atoms with van der Waals surface area (Å²) in [4.78, 5) is 3.93. The second kappa shape index (κ2) is 1.33. The lowest BCUT2D eigenvalue weighted by Crippen LogP contribution is -1.94. The van der Waals surface area contributed by atoms with Gasteiger partial charge in [-0.3, -0.25) is 4.99 Å². The lowest BCUT2D eigenvalue weighted by molar-refractivity contribution is 0.608. The second-order valence-electron chi connectivity index (χ2n) is 1.25. The molecule has 1 aliphatic rings. The van der Waals surface area contributed by atoms with Crippen molar-refractivity contribution >= 4 is 13.4 Å². The van der Waals surface area contributed by atoms with Crippen LogP contribution in [0.25, 0.3) is 0 Å². The molecule has 0 radical (unpaired) electrons. The van der Waals surface area contributed by atoms with E-state index >= 15 is 0 Å². The van der Waals surface area contributed by atoms with E-state index in [-0.39, 0.29) is 0 Å². The quantitative estimate of drug-likeness (QED) is 0.370. The molecule has 3 heteroatoms. The SMILES string of the molecule is CC1=NCBO1. The highest BCUT2D eigenvalue weighted by atomic mass is 16.4. The van der Waals surface area contributed by atoms with Gasteiger partial charge in [0.1, 0.15) is 0 Å². The molecule has 0 atom stereocenters. The molecule has 0 aromatic rings. The Morgan fingerprint density at radius 2 is 2.83 bits per heavy atom. The van der Waals surface area contributed by atoms with Crippen molar-refractivity contribution in [1.82, 2.24) is 0 Å². The van der Waals surface area contributed by atoms with Crippen molar-refractivity contribution < 1.29 is 4.65 Å². The van der Waals surface area contributed by atoms with Crippen LogP contribution in [0.3, 0.4) is 0 Å². The second-order valence-corrected chi connectivity index (χ2v) is 1.25. The number of hydrogen-bond donors (Lipinski definition) is 0. The summed E-state index contributed by atoms with van der Waals surface area (Å²) in [5.74, 6) is 0.829. The topological polar surface area (TPSA) is 21.6 Å². The molecular weight excluding hydrogens is 76.9 g/mol. The van der Waals surface area contributed by atoms with Crippen LogP contribution in [0.5, 0.6) is 0 Å². The van der Waals surface area contributed by atoms with Crippen LogP contribution < -0.4 is 0 Å². The molecule has 6 heavy (non-hydrogen) atoms. The van der Waals surface area contributed by atoms with E-state index in [9.17, 15) is 0 Å². The molecule has 0 aromatic carbocycles. The largest absolute Gasteiger partial charge is 0.553 e. The average molecular weight is 82.9 g/mol. The van der Waals surface area contributed by atoms with Crippen LogP contribution in [0.4, 0.5) is 0 Å². The molecule has 0 bridgehead atoms. The molecule has 0 unspecified atom stereocenters. The van der Waals surface area contributed by atoms with Gasteiger partial charge in [0.05, 0.1) is 6.44 Å². The summed E-state index contributed by atoms with van der Waals surface area (Å²) in [6.07, 6.45) is 0.853. The van der Waals surface area contributed by atoms with E-state index < -0.39 is 0 Å². The highest BCUT2D eigenvalue weighted by Crippen LogP contribution is 1.86. The zero-order valence-corrected chi connectivity index (χ0v) is 3.77. The summed E-state index contributed by atoms with van der Waals surface area (Å²) in [5.41, 5.74) is 0. The molecule has 1 heterocycles. The van der Waals surface area contributed by atoms with E-state index in [4.69, 9.17) is 4.65 Å². The third-order valence-corrected chi connectivity index (χ3v) is 0.737. The summed E-state index contributed by atoms with van der Waals surface area (Å²) in [7, 11) is 0.784.